The minimum Gasteiger partial charge on any atom is -0.493 e. The molecule has 158 valence electrons. The van der Waals surface area contributed by atoms with Crippen LogP contribution in [0.2, 0.25) is 0 Å². The lowest BCUT2D eigenvalue weighted by Crippen LogP contribution is -2.24. The van der Waals surface area contributed by atoms with Gasteiger partial charge in [0.05, 0.1) is 19.3 Å². The van der Waals surface area contributed by atoms with Gasteiger partial charge >= 0.3 is 11.9 Å². The quantitative estimate of drug-likeness (QED) is 0.412. The largest absolute Gasteiger partial charge is 0.493 e. The van der Waals surface area contributed by atoms with E-state index in [4.69, 9.17) is 24.1 Å². The molecule has 1 aliphatic rings. The smallest absolute Gasteiger partial charge is 0.343 e. The first-order valence-electron chi connectivity index (χ1n) is 9.66. The lowest BCUT2D eigenvalue weighted by atomic mass is 10.1. The highest BCUT2D eigenvalue weighted by Crippen LogP contribution is 2.30. The van der Waals surface area contributed by atoms with Crippen LogP contribution in [0.15, 0.2) is 48.0 Å². The Morgan fingerprint density at radius 2 is 1.87 bits per heavy atom. The summed E-state index contributed by atoms with van der Waals surface area (Å²) in [5.74, 6) is -0.361. The van der Waals surface area contributed by atoms with Crippen LogP contribution in [-0.4, -0.2) is 37.1 Å². The second-order valence-electron chi connectivity index (χ2n) is 6.87. The van der Waals surface area contributed by atoms with Gasteiger partial charge in [0, 0.05) is 12.0 Å². The summed E-state index contributed by atoms with van der Waals surface area (Å²) >= 11 is 0. The fourth-order valence-corrected chi connectivity index (χ4v) is 2.95. The molecule has 1 fully saturated rings. The maximum Gasteiger partial charge on any atom is 0.343 e. The van der Waals surface area contributed by atoms with E-state index >= 15 is 0 Å². The molecule has 0 bridgehead atoms. The van der Waals surface area contributed by atoms with Gasteiger partial charge in [0.1, 0.15) is 5.75 Å². The van der Waals surface area contributed by atoms with E-state index in [1.54, 1.807) is 42.5 Å². The zero-order valence-electron chi connectivity index (χ0n) is 16.9. The van der Waals surface area contributed by atoms with Crippen molar-refractivity contribution in [2.24, 2.45) is 0 Å². The van der Waals surface area contributed by atoms with Crippen molar-refractivity contribution in [1.29, 1.82) is 0 Å². The lowest BCUT2D eigenvalue weighted by Gasteiger charge is -2.23. The third-order valence-corrected chi connectivity index (χ3v) is 4.61. The number of esters is 1. The van der Waals surface area contributed by atoms with Crippen molar-refractivity contribution in [3.8, 4) is 17.2 Å². The van der Waals surface area contributed by atoms with Crippen molar-refractivity contribution < 1.29 is 33.6 Å². The maximum atomic E-state index is 12.5. The Kier molecular flexibility index (Phi) is 7.08. The van der Waals surface area contributed by atoms with Crippen molar-refractivity contribution in [1.82, 2.24) is 0 Å². The second-order valence-corrected chi connectivity index (χ2v) is 6.87. The van der Waals surface area contributed by atoms with Crippen LogP contribution in [-0.2, 0) is 9.53 Å². The van der Waals surface area contributed by atoms with E-state index < -0.39 is 11.9 Å². The number of carboxylic acids is 1. The SMILES string of the molecule is COc1cc(/C=C(\C)C(=O)O)ccc1OC(=O)c1ccc(OC2CCCCO2)cc1. The highest BCUT2D eigenvalue weighted by molar-refractivity contribution is 5.92. The molecule has 1 atom stereocenters. The molecule has 1 saturated heterocycles. The summed E-state index contributed by atoms with van der Waals surface area (Å²) in [5.41, 5.74) is 1.17. The molecule has 0 aliphatic carbocycles. The molecule has 1 unspecified atom stereocenters. The van der Waals surface area contributed by atoms with Crippen molar-refractivity contribution in [2.75, 3.05) is 13.7 Å². The van der Waals surface area contributed by atoms with Gasteiger partial charge in [-0.05, 0) is 67.8 Å². The van der Waals surface area contributed by atoms with E-state index in [9.17, 15) is 9.59 Å². The van der Waals surface area contributed by atoms with Gasteiger partial charge in [-0.15, -0.1) is 0 Å². The van der Waals surface area contributed by atoms with Gasteiger partial charge in [0.25, 0.3) is 0 Å². The number of carbonyl (C=O) groups excluding carboxylic acids is 1. The molecule has 0 radical (unpaired) electrons. The zero-order chi connectivity index (χ0) is 21.5. The predicted octanol–water partition coefficient (Wildman–Crippen LogP) is 4.31. The molecule has 7 heteroatoms. The molecule has 1 heterocycles. The fraction of sp³-hybridized carbons (Fsp3) is 0.304. The number of carboxylic acid groups (broad SMARTS) is 1. The molecule has 0 saturated carbocycles. The summed E-state index contributed by atoms with van der Waals surface area (Å²) in [6.07, 6.45) is 4.22. The van der Waals surface area contributed by atoms with E-state index in [-0.39, 0.29) is 17.6 Å². The van der Waals surface area contributed by atoms with Gasteiger partial charge in [0.15, 0.2) is 17.8 Å². The van der Waals surface area contributed by atoms with Gasteiger partial charge in [-0.3, -0.25) is 0 Å². The van der Waals surface area contributed by atoms with E-state index in [1.807, 2.05) is 0 Å². The standard InChI is InChI=1S/C23H24O7/c1-15(22(24)25)13-16-6-11-19(20(14-16)27-2)30-23(26)17-7-9-18(10-8-17)29-21-5-3-4-12-28-21/h6-11,13-14,21H,3-5,12H2,1-2H3,(H,24,25)/b15-13+. The number of rotatable bonds is 7. The van der Waals surface area contributed by atoms with Crippen LogP contribution in [0.5, 0.6) is 17.2 Å². The zero-order valence-corrected chi connectivity index (χ0v) is 16.9. The van der Waals surface area contributed by atoms with Crippen LogP contribution < -0.4 is 14.2 Å². The van der Waals surface area contributed by atoms with Crippen molar-refractivity contribution in [3.63, 3.8) is 0 Å². The van der Waals surface area contributed by atoms with Crippen LogP contribution >= 0.6 is 0 Å². The van der Waals surface area contributed by atoms with Crippen molar-refractivity contribution >= 4 is 18.0 Å². The molecular weight excluding hydrogens is 388 g/mol. The summed E-state index contributed by atoms with van der Waals surface area (Å²) in [4.78, 5) is 23.5. The van der Waals surface area contributed by atoms with Crippen LogP contribution in [0.25, 0.3) is 6.08 Å². The normalized spacial score (nSPS) is 16.6. The molecule has 0 amide bonds. The monoisotopic (exact) mass is 412 g/mol. The number of benzene rings is 2. The molecule has 2 aromatic rings. The average molecular weight is 412 g/mol. The molecule has 0 spiro atoms. The van der Waals surface area contributed by atoms with Crippen LogP contribution in [0.3, 0.4) is 0 Å². The number of methoxy groups -OCH3 is 1. The maximum absolute atomic E-state index is 12.5. The highest BCUT2D eigenvalue weighted by atomic mass is 16.7. The summed E-state index contributed by atoms with van der Waals surface area (Å²) in [7, 11) is 1.45. The molecule has 30 heavy (non-hydrogen) atoms. The highest BCUT2D eigenvalue weighted by Gasteiger charge is 2.17. The van der Waals surface area contributed by atoms with Crippen LogP contribution in [0.4, 0.5) is 0 Å². The Labute approximate surface area is 174 Å². The molecule has 1 N–H and O–H groups in total. The summed E-state index contributed by atoms with van der Waals surface area (Å²) in [6, 6.07) is 11.5. The van der Waals surface area contributed by atoms with Crippen molar-refractivity contribution in [2.45, 2.75) is 32.5 Å². The topological polar surface area (TPSA) is 91.3 Å². The predicted molar refractivity (Wildman–Crippen MR) is 110 cm³/mol. The lowest BCUT2D eigenvalue weighted by molar-refractivity contribution is -0.132. The summed E-state index contributed by atoms with van der Waals surface area (Å²) < 4.78 is 22.0. The summed E-state index contributed by atoms with van der Waals surface area (Å²) in [5, 5.41) is 9.00. The first-order valence-corrected chi connectivity index (χ1v) is 9.66. The third kappa shape index (κ3) is 5.61. The van der Waals surface area contributed by atoms with Gasteiger partial charge in [-0.25, -0.2) is 9.59 Å². The Hall–Kier alpha value is -3.32. The molecule has 7 nitrogen and oxygen atoms in total. The van der Waals surface area contributed by atoms with Gasteiger partial charge < -0.3 is 24.1 Å². The molecule has 2 aromatic carbocycles. The Morgan fingerprint density at radius 1 is 1.10 bits per heavy atom. The number of carbonyl (C=O) groups is 2. The minimum atomic E-state index is -1.01. The van der Waals surface area contributed by atoms with E-state index in [0.29, 0.717) is 29.2 Å². The van der Waals surface area contributed by atoms with Crippen LogP contribution in [0, 0.1) is 0 Å². The average Bonchev–Trinajstić information content (AvgIpc) is 2.75. The Bertz CT molecular complexity index is 925. The molecular formula is C23H24O7. The molecule has 3 rings (SSSR count). The number of hydrogen-bond acceptors (Lipinski definition) is 6. The Morgan fingerprint density at radius 3 is 2.50 bits per heavy atom. The van der Waals surface area contributed by atoms with E-state index in [0.717, 1.165) is 19.3 Å². The number of hydrogen-bond donors (Lipinski definition) is 1. The fourth-order valence-electron chi connectivity index (χ4n) is 2.95. The first kappa shape index (κ1) is 21.4. The molecule has 0 aromatic heterocycles. The summed E-state index contributed by atoms with van der Waals surface area (Å²) in [6.45, 7) is 2.19. The first-order chi connectivity index (χ1) is 14.5. The second kappa shape index (κ2) is 9.93. The van der Waals surface area contributed by atoms with Crippen LogP contribution in [0.1, 0.15) is 42.1 Å². The minimum absolute atomic E-state index is 0.183. The third-order valence-electron chi connectivity index (χ3n) is 4.61. The Balaban J connectivity index is 1.67. The number of ether oxygens (including phenoxy) is 4. The van der Waals surface area contributed by atoms with E-state index in [2.05, 4.69) is 0 Å². The van der Waals surface area contributed by atoms with E-state index in [1.165, 1.54) is 20.1 Å². The van der Waals surface area contributed by atoms with Gasteiger partial charge in [-0.2, -0.15) is 0 Å². The molecule has 1 aliphatic heterocycles. The van der Waals surface area contributed by atoms with Gasteiger partial charge in [-0.1, -0.05) is 6.07 Å². The van der Waals surface area contributed by atoms with Crippen molar-refractivity contribution in [3.05, 3.63) is 59.2 Å². The number of aliphatic carboxylic acids is 1. The van der Waals surface area contributed by atoms with Gasteiger partial charge in [0.2, 0.25) is 0 Å².